The number of hydrogen-bond acceptors (Lipinski definition) is 3. The molecule has 1 fully saturated rings. The fourth-order valence-electron chi connectivity index (χ4n) is 3.29. The van der Waals surface area contributed by atoms with Gasteiger partial charge in [-0.25, -0.2) is 9.78 Å². The Hall–Kier alpha value is -2.15. The van der Waals surface area contributed by atoms with Crippen LogP contribution in [0.2, 0.25) is 0 Å². The maximum absolute atomic E-state index is 10.7. The van der Waals surface area contributed by atoms with Crippen LogP contribution in [0, 0.1) is 0 Å². The second kappa shape index (κ2) is 6.05. The van der Waals surface area contributed by atoms with Gasteiger partial charge in [0.25, 0.3) is 0 Å². The van der Waals surface area contributed by atoms with E-state index in [1.54, 1.807) is 0 Å². The zero-order chi connectivity index (χ0) is 16.7. The molecule has 2 heterocycles. The van der Waals surface area contributed by atoms with Gasteiger partial charge in [-0.05, 0) is 37.5 Å². The first-order valence-electron chi connectivity index (χ1n) is 8.05. The number of carbonyl (C=O) groups is 1. The maximum Gasteiger partial charge on any atom is 0.404 e. The summed E-state index contributed by atoms with van der Waals surface area (Å²) in [5.74, 6) is 0.931. The summed E-state index contributed by atoms with van der Waals surface area (Å²) in [6.45, 7) is 0.363. The van der Waals surface area contributed by atoms with Crippen molar-refractivity contribution in [2.24, 2.45) is 0 Å². The number of hydrogen-bond donors (Lipinski definition) is 2. The summed E-state index contributed by atoms with van der Waals surface area (Å²) in [5, 5.41) is 12.3. The van der Waals surface area contributed by atoms with Crippen molar-refractivity contribution in [1.82, 2.24) is 19.9 Å². The highest BCUT2D eigenvalue weighted by Crippen LogP contribution is 2.37. The molecular formula is C17H17BrN4O2. The highest BCUT2D eigenvalue weighted by Gasteiger charge is 2.25. The molecule has 0 aliphatic heterocycles. The lowest BCUT2D eigenvalue weighted by atomic mass is 9.92. The molecule has 0 saturated heterocycles. The van der Waals surface area contributed by atoms with E-state index in [0.29, 0.717) is 19.0 Å². The van der Waals surface area contributed by atoms with Crippen molar-refractivity contribution >= 4 is 44.0 Å². The molecule has 1 aliphatic carbocycles. The van der Waals surface area contributed by atoms with Gasteiger partial charge < -0.3 is 15.0 Å². The molecule has 0 bridgehead atoms. The van der Waals surface area contributed by atoms with Crippen LogP contribution in [0.1, 0.15) is 31.1 Å². The smallest absolute Gasteiger partial charge is 0.404 e. The zero-order valence-electron chi connectivity index (χ0n) is 13.0. The van der Waals surface area contributed by atoms with Crippen LogP contribution in [0.4, 0.5) is 4.79 Å². The number of nitrogens with one attached hydrogen (secondary N) is 1. The predicted molar refractivity (Wildman–Crippen MR) is 95.4 cm³/mol. The van der Waals surface area contributed by atoms with Crippen molar-refractivity contribution in [2.45, 2.75) is 31.7 Å². The van der Waals surface area contributed by atoms with Crippen LogP contribution in [0.25, 0.3) is 21.9 Å². The highest BCUT2D eigenvalue weighted by molar-refractivity contribution is 9.10. The van der Waals surface area contributed by atoms with Gasteiger partial charge in [0.15, 0.2) is 0 Å². The van der Waals surface area contributed by atoms with Crippen LogP contribution < -0.4 is 5.32 Å². The van der Waals surface area contributed by atoms with Crippen molar-refractivity contribution in [1.29, 1.82) is 0 Å². The van der Waals surface area contributed by atoms with Crippen LogP contribution in [0.5, 0.6) is 0 Å². The maximum atomic E-state index is 10.7. The van der Waals surface area contributed by atoms with Gasteiger partial charge in [-0.2, -0.15) is 0 Å². The summed E-state index contributed by atoms with van der Waals surface area (Å²) in [6.07, 6.45) is 4.91. The number of fused-ring (bicyclic) bond motifs is 3. The normalized spacial score (nSPS) is 14.9. The molecule has 0 radical (unpaired) electrons. The van der Waals surface area contributed by atoms with Gasteiger partial charge in [0.05, 0.1) is 17.2 Å². The van der Waals surface area contributed by atoms with Gasteiger partial charge in [0.1, 0.15) is 11.3 Å². The van der Waals surface area contributed by atoms with E-state index in [9.17, 15) is 4.79 Å². The van der Waals surface area contributed by atoms with Crippen LogP contribution in [0.15, 0.2) is 28.9 Å². The minimum Gasteiger partial charge on any atom is -0.465 e. The minimum atomic E-state index is -1.00. The fourth-order valence-corrected chi connectivity index (χ4v) is 3.64. The number of aromatic nitrogens is 3. The number of amides is 1. The molecule has 4 rings (SSSR count). The molecule has 2 N–H and O–H groups in total. The van der Waals surface area contributed by atoms with Gasteiger partial charge in [0, 0.05) is 28.9 Å². The lowest BCUT2D eigenvalue weighted by molar-refractivity contribution is 0.194. The third-order valence-corrected chi connectivity index (χ3v) is 5.11. The molecule has 1 aromatic carbocycles. The van der Waals surface area contributed by atoms with E-state index in [4.69, 9.17) is 10.1 Å². The molecule has 0 unspecified atom stereocenters. The van der Waals surface area contributed by atoms with E-state index < -0.39 is 6.09 Å². The molecule has 24 heavy (non-hydrogen) atoms. The van der Waals surface area contributed by atoms with Crippen molar-refractivity contribution in [2.75, 3.05) is 6.54 Å². The minimum absolute atomic E-state index is 0.363. The summed E-state index contributed by atoms with van der Waals surface area (Å²) in [4.78, 5) is 20.0. The number of halogens is 1. The van der Waals surface area contributed by atoms with E-state index in [1.165, 1.54) is 6.42 Å². The van der Waals surface area contributed by atoms with E-state index in [-0.39, 0.29) is 0 Å². The van der Waals surface area contributed by atoms with Gasteiger partial charge in [-0.1, -0.05) is 15.9 Å². The summed E-state index contributed by atoms with van der Waals surface area (Å²) < 4.78 is 3.31. The Morgan fingerprint density at radius 3 is 2.92 bits per heavy atom. The third kappa shape index (κ3) is 2.62. The largest absolute Gasteiger partial charge is 0.465 e. The SMILES string of the molecule is O=C(O)NCCc1nc2cnc3cc(Br)ccc3c2n1C1CCC1. The molecule has 6 nitrogen and oxygen atoms in total. The highest BCUT2D eigenvalue weighted by atomic mass is 79.9. The summed E-state index contributed by atoms with van der Waals surface area (Å²) >= 11 is 3.50. The van der Waals surface area contributed by atoms with Gasteiger partial charge >= 0.3 is 6.09 Å². The Morgan fingerprint density at radius 2 is 2.21 bits per heavy atom. The quantitative estimate of drug-likeness (QED) is 0.710. The molecule has 3 aromatic rings. The first kappa shape index (κ1) is 15.4. The van der Waals surface area contributed by atoms with Crippen molar-refractivity contribution in [3.05, 3.63) is 34.7 Å². The Kier molecular flexibility index (Phi) is 3.88. The van der Waals surface area contributed by atoms with Gasteiger partial charge in [-0.15, -0.1) is 0 Å². The molecule has 0 spiro atoms. The second-order valence-corrected chi connectivity index (χ2v) is 7.03. The van der Waals surface area contributed by atoms with Crippen LogP contribution in [-0.2, 0) is 6.42 Å². The Labute approximate surface area is 147 Å². The van der Waals surface area contributed by atoms with Crippen molar-refractivity contribution < 1.29 is 9.90 Å². The molecule has 1 saturated carbocycles. The molecule has 2 aromatic heterocycles. The Morgan fingerprint density at radius 1 is 1.38 bits per heavy atom. The standard InChI is InChI=1S/C17H17BrN4O2/c18-10-4-5-12-13(8-10)20-9-14-16(12)22(11-2-1-3-11)15(21-14)6-7-19-17(23)24/h4-5,8-9,11,19H,1-3,6-7H2,(H,23,24). The summed E-state index contributed by atoms with van der Waals surface area (Å²) in [6, 6.07) is 6.56. The van der Waals surface area contributed by atoms with Crippen LogP contribution in [0.3, 0.4) is 0 Å². The van der Waals surface area contributed by atoms with E-state index >= 15 is 0 Å². The zero-order valence-corrected chi connectivity index (χ0v) is 14.6. The number of carboxylic acid groups (broad SMARTS) is 1. The molecule has 1 amide bonds. The second-order valence-electron chi connectivity index (χ2n) is 6.12. The number of nitrogens with zero attached hydrogens (tertiary/aromatic N) is 3. The van der Waals surface area contributed by atoms with Crippen LogP contribution in [-0.4, -0.2) is 32.3 Å². The lowest BCUT2D eigenvalue weighted by Crippen LogP contribution is -2.26. The fraction of sp³-hybridized carbons (Fsp3) is 0.353. The molecular weight excluding hydrogens is 372 g/mol. The lowest BCUT2D eigenvalue weighted by Gasteiger charge is -2.29. The van der Waals surface area contributed by atoms with Crippen LogP contribution >= 0.6 is 15.9 Å². The van der Waals surface area contributed by atoms with E-state index in [2.05, 4.69) is 36.9 Å². The number of imidazole rings is 1. The average molecular weight is 389 g/mol. The number of rotatable bonds is 4. The topological polar surface area (TPSA) is 80.0 Å². The summed E-state index contributed by atoms with van der Waals surface area (Å²) in [7, 11) is 0. The van der Waals surface area contributed by atoms with E-state index in [0.717, 1.165) is 45.1 Å². The molecule has 124 valence electrons. The molecule has 7 heteroatoms. The third-order valence-electron chi connectivity index (χ3n) is 4.62. The summed E-state index contributed by atoms with van der Waals surface area (Å²) in [5.41, 5.74) is 2.93. The predicted octanol–water partition coefficient (Wildman–Crippen LogP) is 3.88. The van der Waals surface area contributed by atoms with Crippen molar-refractivity contribution in [3.8, 4) is 0 Å². The van der Waals surface area contributed by atoms with Gasteiger partial charge in [0.2, 0.25) is 0 Å². The number of pyridine rings is 1. The number of benzene rings is 1. The average Bonchev–Trinajstić information content (AvgIpc) is 2.84. The van der Waals surface area contributed by atoms with Crippen molar-refractivity contribution in [3.63, 3.8) is 0 Å². The molecule has 0 atom stereocenters. The Bertz CT molecular complexity index is 933. The monoisotopic (exact) mass is 388 g/mol. The Balaban J connectivity index is 1.86. The first-order valence-corrected chi connectivity index (χ1v) is 8.84. The van der Waals surface area contributed by atoms with E-state index in [1.807, 2.05) is 18.3 Å². The molecule has 1 aliphatic rings. The van der Waals surface area contributed by atoms with Gasteiger partial charge in [-0.3, -0.25) is 4.98 Å². The first-order chi connectivity index (χ1) is 11.6.